The molecule has 0 bridgehead atoms. The van der Waals surface area contributed by atoms with E-state index in [-0.39, 0.29) is 28.5 Å². The number of carbonyl (C=O) groups is 2. The average Bonchev–Trinajstić information content (AvgIpc) is 3.06. The van der Waals surface area contributed by atoms with E-state index in [2.05, 4.69) is 10.5 Å². The molecule has 28 heavy (non-hydrogen) atoms. The fourth-order valence-electron chi connectivity index (χ4n) is 2.62. The van der Waals surface area contributed by atoms with E-state index in [0.717, 1.165) is 14.7 Å². The molecule has 0 aliphatic rings. The highest BCUT2D eigenvalue weighted by atomic mass is 32.2. The van der Waals surface area contributed by atoms with Gasteiger partial charge in [-0.3, -0.25) is 4.79 Å². The van der Waals surface area contributed by atoms with Crippen LogP contribution in [0.1, 0.15) is 39.2 Å². The Morgan fingerprint density at radius 3 is 2.43 bits per heavy atom. The van der Waals surface area contributed by atoms with Crippen molar-refractivity contribution >= 4 is 38.2 Å². The van der Waals surface area contributed by atoms with Crippen LogP contribution in [0.15, 0.2) is 9.42 Å². The second kappa shape index (κ2) is 8.41. The third-order valence-electron chi connectivity index (χ3n) is 4.12. The summed E-state index contributed by atoms with van der Waals surface area (Å²) in [4.78, 5) is 25.5. The fourth-order valence-corrected chi connectivity index (χ4v) is 5.09. The largest absolute Gasteiger partial charge is 0.462 e. The molecular formula is C17H23N3O6S2. The van der Waals surface area contributed by atoms with Gasteiger partial charge in [-0.2, -0.15) is 4.31 Å². The molecule has 0 saturated heterocycles. The number of hydrogen-bond donors (Lipinski definition) is 1. The zero-order valence-electron chi connectivity index (χ0n) is 16.6. The lowest BCUT2D eigenvalue weighted by Gasteiger charge is -2.16. The highest BCUT2D eigenvalue weighted by Gasteiger charge is 2.30. The zero-order valence-corrected chi connectivity index (χ0v) is 18.2. The number of rotatable bonds is 7. The quantitative estimate of drug-likeness (QED) is 0.671. The van der Waals surface area contributed by atoms with E-state index in [1.54, 1.807) is 13.8 Å². The molecule has 11 heteroatoms. The molecule has 2 aromatic heterocycles. The number of nitrogens with zero attached hydrogens (tertiary/aromatic N) is 2. The number of sulfonamides is 1. The first-order chi connectivity index (χ1) is 13.0. The molecule has 0 spiro atoms. The molecule has 0 aliphatic carbocycles. The number of nitrogens with one attached hydrogen (secondary N) is 1. The van der Waals surface area contributed by atoms with Crippen molar-refractivity contribution in [1.29, 1.82) is 0 Å². The number of anilines is 1. The number of aromatic nitrogens is 1. The lowest BCUT2D eigenvalue weighted by Crippen LogP contribution is -2.35. The SMILES string of the molecule is CCOC(=O)c1c(NC(=O)CN(C)S(=O)(=O)c2c(C)noc2C)sc(C)c1C. The molecule has 1 N–H and O–H groups in total. The Hall–Kier alpha value is -2.24. The first-order valence-electron chi connectivity index (χ1n) is 8.46. The first-order valence-corrected chi connectivity index (χ1v) is 10.7. The van der Waals surface area contributed by atoms with Crippen molar-refractivity contribution in [2.45, 2.75) is 39.5 Å². The second-order valence-electron chi connectivity index (χ2n) is 6.17. The summed E-state index contributed by atoms with van der Waals surface area (Å²) in [7, 11) is -2.66. The topological polar surface area (TPSA) is 119 Å². The maximum absolute atomic E-state index is 12.7. The van der Waals surface area contributed by atoms with E-state index in [4.69, 9.17) is 9.26 Å². The number of esters is 1. The van der Waals surface area contributed by atoms with Gasteiger partial charge in [-0.25, -0.2) is 13.2 Å². The predicted octanol–water partition coefficient (Wildman–Crippen LogP) is 2.41. The van der Waals surface area contributed by atoms with Crippen molar-refractivity contribution in [3.63, 3.8) is 0 Å². The minimum atomic E-state index is -3.95. The van der Waals surface area contributed by atoms with Crippen molar-refractivity contribution in [1.82, 2.24) is 9.46 Å². The molecule has 0 atom stereocenters. The minimum absolute atomic E-state index is 0.0576. The number of aryl methyl sites for hydroxylation is 3. The number of carbonyl (C=O) groups excluding carboxylic acids is 2. The summed E-state index contributed by atoms with van der Waals surface area (Å²) in [6, 6.07) is 0. The molecule has 9 nitrogen and oxygen atoms in total. The minimum Gasteiger partial charge on any atom is -0.462 e. The van der Waals surface area contributed by atoms with Gasteiger partial charge in [-0.1, -0.05) is 5.16 Å². The standard InChI is InChI=1S/C17H23N3O6S2/c1-7-25-17(22)14-9(2)12(5)27-16(14)18-13(21)8-20(6)28(23,24)15-10(3)19-26-11(15)4/h7-8H2,1-6H3,(H,18,21). The summed E-state index contributed by atoms with van der Waals surface area (Å²) < 4.78 is 36.3. The number of likely N-dealkylation sites (N-methyl/N-ethyl adjacent to an activating group) is 1. The van der Waals surface area contributed by atoms with Crippen molar-refractivity contribution in [2.24, 2.45) is 0 Å². The van der Waals surface area contributed by atoms with Gasteiger partial charge in [-0.15, -0.1) is 11.3 Å². The van der Waals surface area contributed by atoms with E-state index in [0.29, 0.717) is 5.00 Å². The lowest BCUT2D eigenvalue weighted by molar-refractivity contribution is -0.116. The van der Waals surface area contributed by atoms with Crippen molar-refractivity contribution in [2.75, 3.05) is 25.5 Å². The number of thiophene rings is 1. The summed E-state index contributed by atoms with van der Waals surface area (Å²) >= 11 is 1.23. The van der Waals surface area contributed by atoms with Gasteiger partial charge in [-0.05, 0) is 40.2 Å². The van der Waals surface area contributed by atoms with Gasteiger partial charge >= 0.3 is 5.97 Å². The molecule has 154 valence electrons. The van der Waals surface area contributed by atoms with Crippen LogP contribution in [0.25, 0.3) is 0 Å². The van der Waals surface area contributed by atoms with Gasteiger partial charge in [0.1, 0.15) is 15.6 Å². The van der Waals surface area contributed by atoms with Crippen LogP contribution in [0.2, 0.25) is 0 Å². The van der Waals surface area contributed by atoms with Crippen molar-refractivity contribution in [3.05, 3.63) is 27.5 Å². The monoisotopic (exact) mass is 429 g/mol. The molecule has 0 fully saturated rings. The van der Waals surface area contributed by atoms with Gasteiger partial charge in [0.25, 0.3) is 0 Å². The Bertz CT molecular complexity index is 987. The molecule has 0 radical (unpaired) electrons. The van der Waals surface area contributed by atoms with Crippen LogP contribution >= 0.6 is 11.3 Å². The Kier molecular flexibility index (Phi) is 6.63. The van der Waals surface area contributed by atoms with Crippen LogP contribution in [0.5, 0.6) is 0 Å². The highest BCUT2D eigenvalue weighted by molar-refractivity contribution is 7.89. The van der Waals surface area contributed by atoms with Crippen molar-refractivity contribution in [3.8, 4) is 0 Å². The molecule has 2 rings (SSSR count). The van der Waals surface area contributed by atoms with Crippen molar-refractivity contribution < 1.29 is 27.3 Å². The van der Waals surface area contributed by atoms with E-state index >= 15 is 0 Å². The normalized spacial score (nSPS) is 11.7. The summed E-state index contributed by atoms with van der Waals surface area (Å²) in [5, 5.41) is 6.60. The van der Waals surface area contributed by atoms with Gasteiger partial charge in [0.15, 0.2) is 5.76 Å². The van der Waals surface area contributed by atoms with E-state index in [9.17, 15) is 18.0 Å². The lowest BCUT2D eigenvalue weighted by atomic mass is 10.1. The third-order valence-corrected chi connectivity index (χ3v) is 7.29. The van der Waals surface area contributed by atoms with Gasteiger partial charge < -0.3 is 14.6 Å². The third kappa shape index (κ3) is 4.26. The maximum atomic E-state index is 12.7. The summed E-state index contributed by atoms with van der Waals surface area (Å²) in [5.41, 5.74) is 1.23. The van der Waals surface area contributed by atoms with Crippen LogP contribution in [0.4, 0.5) is 5.00 Å². The van der Waals surface area contributed by atoms with Gasteiger partial charge in [0, 0.05) is 11.9 Å². The average molecular weight is 430 g/mol. The number of hydrogen-bond acceptors (Lipinski definition) is 8. The highest BCUT2D eigenvalue weighted by Crippen LogP contribution is 2.33. The second-order valence-corrected chi connectivity index (χ2v) is 9.38. The predicted molar refractivity (Wildman–Crippen MR) is 104 cm³/mol. The molecule has 1 amide bonds. The van der Waals surface area contributed by atoms with Gasteiger partial charge in [0.05, 0.1) is 18.7 Å². The molecule has 0 aliphatic heterocycles. The molecular weight excluding hydrogens is 406 g/mol. The molecule has 2 aromatic rings. The van der Waals surface area contributed by atoms with E-state index < -0.39 is 28.4 Å². The molecule has 2 heterocycles. The Morgan fingerprint density at radius 1 is 1.25 bits per heavy atom. The number of amides is 1. The Morgan fingerprint density at radius 2 is 1.89 bits per heavy atom. The Labute approximate surface area is 167 Å². The van der Waals surface area contributed by atoms with E-state index in [1.165, 1.54) is 32.2 Å². The zero-order chi connectivity index (χ0) is 21.2. The maximum Gasteiger partial charge on any atom is 0.341 e. The fraction of sp³-hybridized carbons (Fsp3) is 0.471. The molecule has 0 saturated carbocycles. The van der Waals surface area contributed by atoms with Crippen LogP contribution in [-0.4, -0.2) is 50.0 Å². The summed E-state index contributed by atoms with van der Waals surface area (Å²) in [5.74, 6) is -0.958. The van der Waals surface area contributed by atoms with Crippen LogP contribution in [0, 0.1) is 27.7 Å². The van der Waals surface area contributed by atoms with E-state index in [1.807, 2.05) is 6.92 Å². The van der Waals surface area contributed by atoms with Crippen LogP contribution in [0.3, 0.4) is 0 Å². The first kappa shape index (κ1) is 22.1. The smallest absolute Gasteiger partial charge is 0.341 e. The van der Waals surface area contributed by atoms with Gasteiger partial charge in [0.2, 0.25) is 15.9 Å². The van der Waals surface area contributed by atoms with Crippen LogP contribution in [-0.2, 0) is 19.6 Å². The molecule has 0 aromatic carbocycles. The number of ether oxygens (including phenoxy) is 1. The Balaban J connectivity index is 2.21. The van der Waals surface area contributed by atoms with Crippen LogP contribution < -0.4 is 5.32 Å². The summed E-state index contributed by atoms with van der Waals surface area (Å²) in [6.45, 7) is 8.06. The summed E-state index contributed by atoms with van der Waals surface area (Å²) in [6.07, 6.45) is 0. The molecule has 0 unspecified atom stereocenters.